The van der Waals surface area contributed by atoms with Crippen LogP contribution in [-0.2, 0) is 0 Å². The molecule has 4 heteroatoms. The van der Waals surface area contributed by atoms with Gasteiger partial charge in [0.05, 0.1) is 0 Å². The van der Waals surface area contributed by atoms with Gasteiger partial charge in [-0.15, -0.1) is 0 Å². The van der Waals surface area contributed by atoms with Crippen molar-refractivity contribution in [3.63, 3.8) is 0 Å². The van der Waals surface area contributed by atoms with E-state index in [1.165, 1.54) is 4.90 Å². The van der Waals surface area contributed by atoms with Crippen molar-refractivity contribution >= 4 is 0 Å². The molecule has 16 heavy (non-hydrogen) atoms. The maximum absolute atomic E-state index is 13.0. The molecule has 1 nitrogen and oxygen atoms in total. The summed E-state index contributed by atoms with van der Waals surface area (Å²) in [5, 5.41) is 0. The lowest BCUT2D eigenvalue weighted by molar-refractivity contribution is -0.207. The van der Waals surface area contributed by atoms with Crippen LogP contribution in [0.3, 0.4) is 0 Å². The average molecular weight is 239 g/mol. The third-order valence-corrected chi connectivity index (χ3v) is 3.71. The van der Waals surface area contributed by atoms with Gasteiger partial charge in [-0.1, -0.05) is 27.7 Å². The summed E-state index contributed by atoms with van der Waals surface area (Å²) in [5.41, 5.74) is -0.468. The number of nitrogens with zero attached hydrogens (tertiary/aromatic N) is 1. The molecule has 0 saturated heterocycles. The van der Waals surface area contributed by atoms with Crippen LogP contribution < -0.4 is 0 Å². The molecule has 0 aromatic heterocycles. The van der Waals surface area contributed by atoms with Crippen LogP contribution in [-0.4, -0.2) is 29.7 Å². The second-order valence-corrected chi connectivity index (χ2v) is 5.65. The molecule has 0 aliphatic rings. The second kappa shape index (κ2) is 4.94. The molecule has 1 atom stereocenters. The van der Waals surface area contributed by atoms with Crippen LogP contribution in [0.25, 0.3) is 0 Å². The predicted molar refractivity (Wildman–Crippen MR) is 61.4 cm³/mol. The largest absolute Gasteiger partial charge is 0.404 e. The van der Waals surface area contributed by atoms with Crippen LogP contribution in [0.15, 0.2) is 0 Å². The summed E-state index contributed by atoms with van der Waals surface area (Å²) in [4.78, 5) is 1.46. The molecule has 0 rings (SSSR count). The summed E-state index contributed by atoms with van der Waals surface area (Å²) in [6.07, 6.45) is -4.17. The van der Waals surface area contributed by atoms with Gasteiger partial charge in [0.25, 0.3) is 0 Å². The molecule has 98 valence electrons. The SMILES string of the molecule is CC(C)[C@@H](N(C)C(C)(C)C(C)C)C(F)(F)F. The first-order valence-electron chi connectivity index (χ1n) is 5.72. The number of hydrogen-bond donors (Lipinski definition) is 0. The molecule has 0 bridgehead atoms. The van der Waals surface area contributed by atoms with E-state index in [-0.39, 0.29) is 5.92 Å². The standard InChI is InChI=1S/C12H24F3N/c1-8(2)10(12(13,14)15)16(7)11(5,6)9(3)4/h8-10H,1-7H3/t10-/m1/s1. The molecular weight excluding hydrogens is 215 g/mol. The van der Waals surface area contributed by atoms with Crippen molar-refractivity contribution in [1.29, 1.82) is 0 Å². The molecule has 0 aromatic carbocycles. The Morgan fingerprint density at radius 2 is 1.31 bits per heavy atom. The Bertz CT molecular complexity index is 219. The molecular formula is C12H24F3N. The van der Waals surface area contributed by atoms with E-state index in [1.54, 1.807) is 20.9 Å². The lowest BCUT2D eigenvalue weighted by Crippen LogP contribution is -2.57. The van der Waals surface area contributed by atoms with Crippen molar-refractivity contribution in [2.45, 2.75) is 59.3 Å². The predicted octanol–water partition coefficient (Wildman–Crippen LogP) is 3.94. The molecule has 0 amide bonds. The van der Waals surface area contributed by atoms with E-state index in [4.69, 9.17) is 0 Å². The van der Waals surface area contributed by atoms with Crippen molar-refractivity contribution in [3.8, 4) is 0 Å². The zero-order valence-electron chi connectivity index (χ0n) is 11.3. The van der Waals surface area contributed by atoms with E-state index in [9.17, 15) is 13.2 Å². The first-order chi connectivity index (χ1) is 6.92. The maximum atomic E-state index is 13.0. The number of rotatable bonds is 4. The topological polar surface area (TPSA) is 3.24 Å². The third kappa shape index (κ3) is 3.37. The first kappa shape index (κ1) is 15.8. The highest BCUT2D eigenvalue weighted by atomic mass is 19.4. The van der Waals surface area contributed by atoms with Gasteiger partial charge in [0.15, 0.2) is 0 Å². The van der Waals surface area contributed by atoms with Crippen molar-refractivity contribution < 1.29 is 13.2 Å². The molecule has 0 radical (unpaired) electrons. The lowest BCUT2D eigenvalue weighted by Gasteiger charge is -2.45. The zero-order chi connectivity index (χ0) is 13.3. The molecule has 0 aliphatic carbocycles. The monoisotopic (exact) mass is 239 g/mol. The highest BCUT2D eigenvalue weighted by Crippen LogP contribution is 2.35. The van der Waals surface area contributed by atoms with Crippen molar-refractivity contribution in [2.24, 2.45) is 11.8 Å². The Morgan fingerprint density at radius 1 is 0.938 bits per heavy atom. The van der Waals surface area contributed by atoms with E-state index >= 15 is 0 Å². The summed E-state index contributed by atoms with van der Waals surface area (Å²) >= 11 is 0. The van der Waals surface area contributed by atoms with Gasteiger partial charge in [0.1, 0.15) is 6.04 Å². The van der Waals surface area contributed by atoms with Gasteiger partial charge in [-0.2, -0.15) is 13.2 Å². The average Bonchev–Trinajstić information content (AvgIpc) is 1.99. The summed E-state index contributed by atoms with van der Waals surface area (Å²) in [6.45, 7) is 10.8. The molecule has 0 saturated carbocycles. The zero-order valence-corrected chi connectivity index (χ0v) is 11.3. The van der Waals surface area contributed by atoms with Crippen molar-refractivity contribution in [1.82, 2.24) is 4.90 Å². The smallest absolute Gasteiger partial charge is 0.290 e. The van der Waals surface area contributed by atoms with Crippen molar-refractivity contribution in [2.75, 3.05) is 7.05 Å². The summed E-state index contributed by atoms with van der Waals surface area (Å²) in [6, 6.07) is -1.38. The second-order valence-electron chi connectivity index (χ2n) is 5.65. The number of halogens is 3. The Balaban J connectivity index is 5.11. The number of alkyl halides is 3. The normalized spacial score (nSPS) is 16.3. The van der Waals surface area contributed by atoms with Gasteiger partial charge in [-0.25, -0.2) is 0 Å². The molecule has 0 heterocycles. The Kier molecular flexibility index (Phi) is 4.87. The quantitative estimate of drug-likeness (QED) is 0.718. The molecule has 0 aliphatic heterocycles. The van der Waals surface area contributed by atoms with Gasteiger partial charge in [-0.3, -0.25) is 4.90 Å². The lowest BCUT2D eigenvalue weighted by atomic mass is 9.86. The van der Waals surface area contributed by atoms with E-state index in [0.29, 0.717) is 0 Å². The minimum Gasteiger partial charge on any atom is -0.290 e. The fourth-order valence-electron chi connectivity index (χ4n) is 1.81. The van der Waals surface area contributed by atoms with Crippen molar-refractivity contribution in [3.05, 3.63) is 0 Å². The molecule has 0 unspecified atom stereocenters. The summed E-state index contributed by atoms with van der Waals surface area (Å²) in [7, 11) is 1.57. The van der Waals surface area contributed by atoms with Gasteiger partial charge < -0.3 is 0 Å². The molecule has 0 spiro atoms. The van der Waals surface area contributed by atoms with Crippen LogP contribution in [0, 0.1) is 11.8 Å². The minimum atomic E-state index is -4.17. The van der Waals surface area contributed by atoms with E-state index < -0.39 is 23.7 Å². The van der Waals surface area contributed by atoms with Crippen LogP contribution in [0.5, 0.6) is 0 Å². The van der Waals surface area contributed by atoms with Crippen LogP contribution in [0.1, 0.15) is 41.5 Å². The third-order valence-electron chi connectivity index (χ3n) is 3.71. The van der Waals surface area contributed by atoms with Gasteiger partial charge >= 0.3 is 6.18 Å². The first-order valence-corrected chi connectivity index (χ1v) is 5.72. The van der Waals surface area contributed by atoms with Gasteiger partial charge in [-0.05, 0) is 32.7 Å². The highest BCUT2D eigenvalue weighted by molar-refractivity contribution is 4.91. The van der Waals surface area contributed by atoms with E-state index in [1.807, 2.05) is 27.7 Å². The van der Waals surface area contributed by atoms with Gasteiger partial charge in [0.2, 0.25) is 0 Å². The van der Waals surface area contributed by atoms with Crippen LogP contribution >= 0.6 is 0 Å². The molecule has 0 fully saturated rings. The summed E-state index contributed by atoms with van der Waals surface area (Å²) in [5.74, 6) is -0.274. The molecule has 0 N–H and O–H groups in total. The van der Waals surface area contributed by atoms with Crippen LogP contribution in [0.4, 0.5) is 13.2 Å². The fraction of sp³-hybridized carbons (Fsp3) is 1.00. The Hall–Kier alpha value is -0.250. The number of hydrogen-bond acceptors (Lipinski definition) is 1. The Labute approximate surface area is 97.0 Å². The minimum absolute atomic E-state index is 0.168. The maximum Gasteiger partial charge on any atom is 0.404 e. The van der Waals surface area contributed by atoms with Crippen LogP contribution in [0.2, 0.25) is 0 Å². The Morgan fingerprint density at radius 3 is 1.50 bits per heavy atom. The van der Waals surface area contributed by atoms with E-state index in [2.05, 4.69) is 0 Å². The fourth-order valence-corrected chi connectivity index (χ4v) is 1.81. The summed E-state index contributed by atoms with van der Waals surface area (Å²) < 4.78 is 38.9. The molecule has 0 aromatic rings. The van der Waals surface area contributed by atoms with Gasteiger partial charge in [0, 0.05) is 5.54 Å². The van der Waals surface area contributed by atoms with E-state index in [0.717, 1.165) is 0 Å². The highest BCUT2D eigenvalue weighted by Gasteiger charge is 2.48.